The highest BCUT2D eigenvalue weighted by atomic mass is 16.5. The third kappa shape index (κ3) is 1.34. The molecule has 3 heterocycles. The van der Waals surface area contributed by atoms with Crippen LogP contribution in [-0.2, 0) is 14.3 Å². The van der Waals surface area contributed by atoms with Gasteiger partial charge >= 0.3 is 5.97 Å². The lowest BCUT2D eigenvalue weighted by Gasteiger charge is -2.26. The third-order valence-corrected chi connectivity index (χ3v) is 5.18. The van der Waals surface area contributed by atoms with Gasteiger partial charge in [-0.1, -0.05) is 25.0 Å². The van der Waals surface area contributed by atoms with E-state index in [9.17, 15) is 14.7 Å². The minimum absolute atomic E-state index is 0.00819. The van der Waals surface area contributed by atoms with Crippen LogP contribution in [0.2, 0.25) is 0 Å². The topological polar surface area (TPSA) is 66.8 Å². The van der Waals surface area contributed by atoms with Crippen molar-refractivity contribution < 1.29 is 19.4 Å². The summed E-state index contributed by atoms with van der Waals surface area (Å²) in [6.07, 6.45) is 7.73. The number of carboxylic acid groups (broad SMARTS) is 1. The fourth-order valence-corrected chi connectivity index (χ4v) is 4.34. The molecule has 3 fully saturated rings. The molecule has 4 atom stereocenters. The van der Waals surface area contributed by atoms with Gasteiger partial charge in [-0.3, -0.25) is 9.59 Å². The number of nitrogens with zero attached hydrogens (tertiary/aromatic N) is 1. The summed E-state index contributed by atoms with van der Waals surface area (Å²) in [4.78, 5) is 25.9. The second kappa shape index (κ2) is 3.60. The van der Waals surface area contributed by atoms with E-state index < -0.39 is 29.5 Å². The number of aliphatic carboxylic acids is 1. The zero-order chi connectivity index (χ0) is 13.2. The zero-order valence-corrected chi connectivity index (χ0v) is 10.6. The van der Waals surface area contributed by atoms with Crippen LogP contribution in [0.25, 0.3) is 0 Å². The molecular weight excluding hydrogens is 246 g/mol. The number of likely N-dealkylation sites (tertiary alicyclic amines) is 1. The molecule has 1 N–H and O–H groups in total. The summed E-state index contributed by atoms with van der Waals surface area (Å²) < 4.78 is 5.86. The van der Waals surface area contributed by atoms with Gasteiger partial charge in [0.2, 0.25) is 5.91 Å². The Hall–Kier alpha value is -1.36. The van der Waals surface area contributed by atoms with Gasteiger partial charge < -0.3 is 14.7 Å². The second-order valence-corrected chi connectivity index (χ2v) is 6.14. The molecule has 1 aliphatic carbocycles. The first-order valence-corrected chi connectivity index (χ1v) is 7.03. The maximum absolute atomic E-state index is 12.6. The molecule has 0 aromatic rings. The second-order valence-electron chi connectivity index (χ2n) is 6.14. The minimum atomic E-state index is -0.914. The molecule has 2 bridgehead atoms. The van der Waals surface area contributed by atoms with E-state index in [2.05, 4.69) is 0 Å². The van der Waals surface area contributed by atoms with Crippen LogP contribution < -0.4 is 0 Å². The Morgan fingerprint density at radius 3 is 2.84 bits per heavy atom. The molecule has 19 heavy (non-hydrogen) atoms. The van der Waals surface area contributed by atoms with Gasteiger partial charge in [0.25, 0.3) is 0 Å². The van der Waals surface area contributed by atoms with E-state index in [-0.39, 0.29) is 11.9 Å². The first kappa shape index (κ1) is 11.5. The molecule has 1 amide bonds. The highest BCUT2D eigenvalue weighted by molar-refractivity contribution is 5.91. The smallest absolute Gasteiger partial charge is 0.310 e. The van der Waals surface area contributed by atoms with Gasteiger partial charge in [-0.15, -0.1) is 0 Å². The van der Waals surface area contributed by atoms with Gasteiger partial charge in [0.15, 0.2) is 0 Å². The van der Waals surface area contributed by atoms with E-state index in [4.69, 9.17) is 4.74 Å². The van der Waals surface area contributed by atoms with E-state index in [0.29, 0.717) is 6.54 Å². The molecule has 1 spiro atoms. The van der Waals surface area contributed by atoms with Crippen molar-refractivity contribution >= 4 is 11.9 Å². The Labute approximate surface area is 111 Å². The number of fused-ring (bicyclic) bond motifs is 1. The number of rotatable bonds is 2. The van der Waals surface area contributed by atoms with E-state index in [0.717, 1.165) is 25.7 Å². The molecule has 2 saturated heterocycles. The summed E-state index contributed by atoms with van der Waals surface area (Å²) in [5, 5.41) is 9.36. The Kier molecular flexibility index (Phi) is 2.17. The lowest BCUT2D eigenvalue weighted by molar-refractivity contribution is -0.148. The Morgan fingerprint density at radius 2 is 2.16 bits per heavy atom. The number of carboxylic acids is 1. The monoisotopic (exact) mass is 263 g/mol. The Morgan fingerprint density at radius 1 is 1.42 bits per heavy atom. The number of carbonyl (C=O) groups excluding carboxylic acids is 1. The molecule has 5 heteroatoms. The van der Waals surface area contributed by atoms with Crippen molar-refractivity contribution in [3.8, 4) is 0 Å². The van der Waals surface area contributed by atoms with Crippen molar-refractivity contribution in [2.75, 3.05) is 6.54 Å². The fourth-order valence-electron chi connectivity index (χ4n) is 4.34. The predicted octanol–water partition coefficient (Wildman–Crippen LogP) is 0.796. The molecule has 4 rings (SSSR count). The van der Waals surface area contributed by atoms with Crippen LogP contribution >= 0.6 is 0 Å². The molecule has 1 saturated carbocycles. The normalized spacial score (nSPS) is 44.3. The zero-order valence-electron chi connectivity index (χ0n) is 10.6. The van der Waals surface area contributed by atoms with Crippen LogP contribution in [0.15, 0.2) is 12.2 Å². The largest absolute Gasteiger partial charge is 0.481 e. The highest BCUT2D eigenvalue weighted by Gasteiger charge is 2.67. The maximum Gasteiger partial charge on any atom is 0.310 e. The van der Waals surface area contributed by atoms with Crippen molar-refractivity contribution in [3.05, 3.63) is 12.2 Å². The molecule has 0 radical (unpaired) electrons. The van der Waals surface area contributed by atoms with Crippen molar-refractivity contribution in [3.63, 3.8) is 0 Å². The van der Waals surface area contributed by atoms with Crippen molar-refractivity contribution in [1.82, 2.24) is 4.90 Å². The Balaban J connectivity index is 1.69. The van der Waals surface area contributed by atoms with Crippen LogP contribution in [-0.4, -0.2) is 46.2 Å². The van der Waals surface area contributed by atoms with Gasteiger partial charge in [0.05, 0.1) is 18.6 Å². The van der Waals surface area contributed by atoms with E-state index in [1.54, 1.807) is 0 Å². The average Bonchev–Trinajstić information content (AvgIpc) is 3.09. The summed E-state index contributed by atoms with van der Waals surface area (Å²) in [6, 6.07) is 0.290. The minimum Gasteiger partial charge on any atom is -0.481 e. The average molecular weight is 263 g/mol. The van der Waals surface area contributed by atoms with E-state index in [1.807, 2.05) is 17.1 Å². The number of ether oxygens (including phenoxy) is 1. The molecule has 102 valence electrons. The summed E-state index contributed by atoms with van der Waals surface area (Å²) in [6.45, 7) is 0.540. The highest BCUT2D eigenvalue weighted by Crippen LogP contribution is 2.52. The molecule has 0 aromatic carbocycles. The molecule has 4 aliphatic rings. The van der Waals surface area contributed by atoms with Crippen LogP contribution in [0, 0.1) is 11.8 Å². The summed E-state index contributed by atoms with van der Waals surface area (Å²) in [5.41, 5.74) is -0.659. The number of carbonyl (C=O) groups is 2. The molecule has 0 aromatic heterocycles. The third-order valence-electron chi connectivity index (χ3n) is 5.18. The quantitative estimate of drug-likeness (QED) is 0.748. The first-order chi connectivity index (χ1) is 9.12. The van der Waals surface area contributed by atoms with Gasteiger partial charge in [-0.05, 0) is 12.8 Å². The van der Waals surface area contributed by atoms with E-state index in [1.165, 1.54) is 0 Å². The fraction of sp³-hybridized carbons (Fsp3) is 0.714. The lowest BCUT2D eigenvalue weighted by atomic mass is 9.77. The van der Waals surface area contributed by atoms with Gasteiger partial charge in [0, 0.05) is 6.04 Å². The van der Waals surface area contributed by atoms with E-state index >= 15 is 0 Å². The van der Waals surface area contributed by atoms with Crippen molar-refractivity contribution in [1.29, 1.82) is 0 Å². The van der Waals surface area contributed by atoms with Crippen LogP contribution in [0.5, 0.6) is 0 Å². The van der Waals surface area contributed by atoms with Crippen LogP contribution in [0.4, 0.5) is 0 Å². The molecule has 3 aliphatic heterocycles. The van der Waals surface area contributed by atoms with Crippen LogP contribution in [0.1, 0.15) is 25.7 Å². The number of hydrogen-bond donors (Lipinski definition) is 1. The SMILES string of the molecule is O=C(O)[C@H]1[C@H]2C(=O)N(C3CCCC3)C[C@@]23C=C[C@H]1O3. The summed E-state index contributed by atoms with van der Waals surface area (Å²) in [5.74, 6) is -2.14. The van der Waals surface area contributed by atoms with Gasteiger partial charge in [-0.2, -0.15) is 0 Å². The Bertz CT molecular complexity index is 482. The molecule has 5 nitrogen and oxygen atoms in total. The predicted molar refractivity (Wildman–Crippen MR) is 65.3 cm³/mol. The molecular formula is C14H17NO4. The lowest BCUT2D eigenvalue weighted by Crippen LogP contribution is -2.40. The summed E-state index contributed by atoms with van der Waals surface area (Å²) >= 11 is 0. The van der Waals surface area contributed by atoms with Crippen LogP contribution in [0.3, 0.4) is 0 Å². The maximum atomic E-state index is 12.6. The number of amides is 1. The summed E-state index contributed by atoms with van der Waals surface area (Å²) in [7, 11) is 0. The standard InChI is InChI=1S/C14H17NO4/c16-12-11-10(13(17)18)9-5-6-14(11,19-9)7-15(12)8-3-1-2-4-8/h5-6,8-11H,1-4,7H2,(H,17,18)/t9-,10-,11+,14+/m1/s1. The van der Waals surface area contributed by atoms with Gasteiger partial charge in [0.1, 0.15) is 11.5 Å². The number of hydrogen-bond acceptors (Lipinski definition) is 3. The van der Waals surface area contributed by atoms with Crippen molar-refractivity contribution in [2.45, 2.75) is 43.4 Å². The molecule has 0 unspecified atom stereocenters. The van der Waals surface area contributed by atoms with Crippen molar-refractivity contribution in [2.24, 2.45) is 11.8 Å². The van der Waals surface area contributed by atoms with Gasteiger partial charge in [-0.25, -0.2) is 0 Å². The first-order valence-electron chi connectivity index (χ1n) is 7.03.